The zero-order valence-electron chi connectivity index (χ0n) is 10.6. The molecule has 1 saturated heterocycles. The standard InChI is InChI=1S/C11H16BrN3O3S/c1-19(17,18)8-11(16)14-4-2-10(3-5-14)15-7-9(12)6-13-15/h6-7,10H,2-5,8H2,1H3. The number of hydrogen-bond donors (Lipinski definition) is 0. The second-order valence-corrected chi connectivity index (χ2v) is 7.88. The number of sulfone groups is 1. The van der Waals surface area contributed by atoms with Crippen LogP contribution >= 0.6 is 15.9 Å². The molecule has 2 heterocycles. The Bertz CT molecular complexity index is 561. The Balaban J connectivity index is 1.90. The lowest BCUT2D eigenvalue weighted by molar-refractivity contribution is -0.129. The van der Waals surface area contributed by atoms with Crippen LogP contribution in [0.5, 0.6) is 0 Å². The molecule has 106 valence electrons. The summed E-state index contributed by atoms with van der Waals surface area (Å²) >= 11 is 3.35. The number of rotatable bonds is 3. The maximum absolute atomic E-state index is 11.8. The van der Waals surface area contributed by atoms with E-state index in [9.17, 15) is 13.2 Å². The molecular formula is C11H16BrN3O3S. The van der Waals surface area contributed by atoms with Crippen LogP contribution in [0.15, 0.2) is 16.9 Å². The molecule has 0 bridgehead atoms. The average Bonchev–Trinajstić information content (AvgIpc) is 2.74. The molecule has 0 unspecified atom stereocenters. The van der Waals surface area contributed by atoms with Gasteiger partial charge in [-0.25, -0.2) is 8.42 Å². The van der Waals surface area contributed by atoms with Gasteiger partial charge in [0.1, 0.15) is 5.75 Å². The summed E-state index contributed by atoms with van der Waals surface area (Å²) in [6.07, 6.45) is 6.33. The summed E-state index contributed by atoms with van der Waals surface area (Å²) in [4.78, 5) is 13.4. The van der Waals surface area contributed by atoms with Crippen molar-refractivity contribution < 1.29 is 13.2 Å². The van der Waals surface area contributed by atoms with Crippen molar-refractivity contribution in [3.63, 3.8) is 0 Å². The van der Waals surface area contributed by atoms with Gasteiger partial charge in [0.25, 0.3) is 0 Å². The van der Waals surface area contributed by atoms with E-state index < -0.39 is 15.6 Å². The zero-order chi connectivity index (χ0) is 14.0. The van der Waals surface area contributed by atoms with E-state index in [0.717, 1.165) is 23.6 Å². The maximum Gasteiger partial charge on any atom is 0.237 e. The SMILES string of the molecule is CS(=O)(=O)CC(=O)N1CCC(n2cc(Br)cn2)CC1. The van der Waals surface area contributed by atoms with Gasteiger partial charge in [0, 0.05) is 25.5 Å². The van der Waals surface area contributed by atoms with Gasteiger partial charge in [0.15, 0.2) is 9.84 Å². The fourth-order valence-electron chi connectivity index (χ4n) is 2.21. The van der Waals surface area contributed by atoms with Crippen molar-refractivity contribution in [2.75, 3.05) is 25.1 Å². The summed E-state index contributed by atoms with van der Waals surface area (Å²) in [7, 11) is -3.25. The monoisotopic (exact) mass is 349 g/mol. The van der Waals surface area contributed by atoms with Gasteiger partial charge in [0.05, 0.1) is 16.7 Å². The van der Waals surface area contributed by atoms with Crippen LogP contribution in [-0.2, 0) is 14.6 Å². The molecule has 0 aromatic carbocycles. The molecule has 0 radical (unpaired) electrons. The predicted molar refractivity (Wildman–Crippen MR) is 74.5 cm³/mol. The average molecular weight is 350 g/mol. The quantitative estimate of drug-likeness (QED) is 0.810. The van der Waals surface area contributed by atoms with Gasteiger partial charge >= 0.3 is 0 Å². The number of aromatic nitrogens is 2. The minimum atomic E-state index is -3.25. The van der Waals surface area contributed by atoms with Crippen LogP contribution in [0.3, 0.4) is 0 Å². The second-order valence-electron chi connectivity index (χ2n) is 4.82. The molecule has 19 heavy (non-hydrogen) atoms. The first-order chi connectivity index (χ1) is 8.85. The first kappa shape index (κ1) is 14.5. The van der Waals surface area contributed by atoms with Gasteiger partial charge in [-0.1, -0.05) is 0 Å². The Morgan fingerprint density at radius 3 is 2.58 bits per heavy atom. The van der Waals surface area contributed by atoms with Gasteiger partial charge in [-0.15, -0.1) is 0 Å². The summed E-state index contributed by atoms with van der Waals surface area (Å²) in [5.74, 6) is -0.701. The molecule has 1 aliphatic heterocycles. The number of likely N-dealkylation sites (tertiary alicyclic amines) is 1. The molecule has 1 aromatic heterocycles. The lowest BCUT2D eigenvalue weighted by Gasteiger charge is -2.32. The molecular weight excluding hydrogens is 334 g/mol. The number of carbonyl (C=O) groups excluding carboxylic acids is 1. The van der Waals surface area contributed by atoms with Crippen LogP contribution in [0.1, 0.15) is 18.9 Å². The number of halogens is 1. The van der Waals surface area contributed by atoms with Crippen molar-refractivity contribution >= 4 is 31.7 Å². The highest BCUT2D eigenvalue weighted by atomic mass is 79.9. The Morgan fingerprint density at radius 1 is 1.47 bits per heavy atom. The van der Waals surface area contributed by atoms with E-state index >= 15 is 0 Å². The third-order valence-electron chi connectivity index (χ3n) is 3.15. The molecule has 0 aliphatic carbocycles. The Kier molecular flexibility index (Phi) is 4.29. The molecule has 8 heteroatoms. The van der Waals surface area contributed by atoms with E-state index in [2.05, 4.69) is 21.0 Å². The number of amides is 1. The van der Waals surface area contributed by atoms with Crippen molar-refractivity contribution in [3.8, 4) is 0 Å². The molecule has 1 amide bonds. The van der Waals surface area contributed by atoms with Crippen molar-refractivity contribution in [2.24, 2.45) is 0 Å². The minimum Gasteiger partial charge on any atom is -0.342 e. The van der Waals surface area contributed by atoms with Gasteiger partial charge in [-0.05, 0) is 28.8 Å². The number of hydrogen-bond acceptors (Lipinski definition) is 4. The third kappa shape index (κ3) is 4.04. The summed E-state index contributed by atoms with van der Waals surface area (Å²) < 4.78 is 25.0. The van der Waals surface area contributed by atoms with Crippen LogP contribution in [-0.4, -0.2) is 54.1 Å². The molecule has 0 spiro atoms. The number of nitrogens with zero attached hydrogens (tertiary/aromatic N) is 3. The van der Waals surface area contributed by atoms with Gasteiger partial charge in [-0.3, -0.25) is 9.48 Å². The van der Waals surface area contributed by atoms with Crippen LogP contribution in [0, 0.1) is 0 Å². The molecule has 1 aliphatic rings. The molecule has 2 rings (SSSR count). The molecule has 0 saturated carbocycles. The normalized spacial score (nSPS) is 17.7. The highest BCUT2D eigenvalue weighted by molar-refractivity contribution is 9.10. The van der Waals surface area contributed by atoms with Crippen LogP contribution in [0.2, 0.25) is 0 Å². The fourth-order valence-corrected chi connectivity index (χ4v) is 3.14. The van der Waals surface area contributed by atoms with Crippen LogP contribution in [0.25, 0.3) is 0 Å². The second kappa shape index (κ2) is 5.62. The lowest BCUT2D eigenvalue weighted by Crippen LogP contribution is -2.41. The van der Waals surface area contributed by atoms with E-state index in [-0.39, 0.29) is 11.9 Å². The summed E-state index contributed by atoms with van der Waals surface area (Å²) in [6.45, 7) is 1.16. The van der Waals surface area contributed by atoms with Crippen molar-refractivity contribution in [1.29, 1.82) is 0 Å². The van der Waals surface area contributed by atoms with E-state index in [1.54, 1.807) is 11.1 Å². The Hall–Kier alpha value is -0.890. The first-order valence-corrected chi connectivity index (χ1v) is 8.85. The van der Waals surface area contributed by atoms with Gasteiger partial charge in [-0.2, -0.15) is 5.10 Å². The highest BCUT2D eigenvalue weighted by Crippen LogP contribution is 2.23. The number of piperidine rings is 1. The van der Waals surface area contributed by atoms with Crippen LogP contribution < -0.4 is 0 Å². The van der Waals surface area contributed by atoms with Crippen LogP contribution in [0.4, 0.5) is 0 Å². The Morgan fingerprint density at radius 2 is 2.11 bits per heavy atom. The van der Waals surface area contributed by atoms with E-state index in [1.807, 2.05) is 10.9 Å². The fraction of sp³-hybridized carbons (Fsp3) is 0.636. The maximum atomic E-state index is 11.8. The highest BCUT2D eigenvalue weighted by Gasteiger charge is 2.25. The summed E-state index contributed by atoms with van der Waals surface area (Å²) in [5.41, 5.74) is 0. The topological polar surface area (TPSA) is 72.3 Å². The van der Waals surface area contributed by atoms with Gasteiger partial charge < -0.3 is 4.90 Å². The van der Waals surface area contributed by atoms with E-state index in [0.29, 0.717) is 13.1 Å². The molecule has 0 N–H and O–H groups in total. The summed E-state index contributed by atoms with van der Waals surface area (Å²) in [6, 6.07) is 0.272. The molecule has 1 aromatic rings. The largest absolute Gasteiger partial charge is 0.342 e. The first-order valence-electron chi connectivity index (χ1n) is 6.00. The minimum absolute atomic E-state index is 0.272. The zero-order valence-corrected chi connectivity index (χ0v) is 13.0. The van der Waals surface area contributed by atoms with E-state index in [4.69, 9.17) is 0 Å². The molecule has 1 fully saturated rings. The smallest absolute Gasteiger partial charge is 0.237 e. The molecule has 6 nitrogen and oxygen atoms in total. The molecule has 0 atom stereocenters. The number of carbonyl (C=O) groups is 1. The Labute approximate surface area is 120 Å². The van der Waals surface area contributed by atoms with Crippen molar-refractivity contribution in [3.05, 3.63) is 16.9 Å². The van der Waals surface area contributed by atoms with Crippen molar-refractivity contribution in [2.45, 2.75) is 18.9 Å². The van der Waals surface area contributed by atoms with Gasteiger partial charge in [0.2, 0.25) is 5.91 Å². The summed E-state index contributed by atoms with van der Waals surface area (Å²) in [5, 5.41) is 4.24. The van der Waals surface area contributed by atoms with Crippen molar-refractivity contribution in [1.82, 2.24) is 14.7 Å². The van der Waals surface area contributed by atoms with E-state index in [1.165, 1.54) is 0 Å². The predicted octanol–water partition coefficient (Wildman–Crippen LogP) is 0.854. The third-order valence-corrected chi connectivity index (χ3v) is 4.33. The lowest BCUT2D eigenvalue weighted by atomic mass is 10.1.